The lowest BCUT2D eigenvalue weighted by molar-refractivity contribution is -0.126. The smallest absolute Gasteiger partial charge is 0.237 e. The number of nitrogens with one attached hydrogen (secondary N) is 1. The van der Waals surface area contributed by atoms with Gasteiger partial charge in [0.2, 0.25) is 5.91 Å². The van der Waals surface area contributed by atoms with Gasteiger partial charge in [-0.2, -0.15) is 0 Å². The predicted octanol–water partition coefficient (Wildman–Crippen LogP) is 0.896. The predicted molar refractivity (Wildman–Crippen MR) is 71.4 cm³/mol. The highest BCUT2D eigenvalue weighted by Crippen LogP contribution is 2.04. The summed E-state index contributed by atoms with van der Waals surface area (Å²) >= 11 is 4.92. The summed E-state index contributed by atoms with van der Waals surface area (Å²) in [6, 6.07) is -0.110. The molecule has 0 saturated carbocycles. The van der Waals surface area contributed by atoms with E-state index in [9.17, 15) is 4.79 Å². The van der Waals surface area contributed by atoms with Crippen molar-refractivity contribution >= 4 is 23.1 Å². The highest BCUT2D eigenvalue weighted by molar-refractivity contribution is 7.80. The minimum atomic E-state index is -0.231. The van der Waals surface area contributed by atoms with E-state index in [0.29, 0.717) is 4.99 Å². The maximum atomic E-state index is 11.8. The van der Waals surface area contributed by atoms with Crippen LogP contribution in [0.1, 0.15) is 34.1 Å². The minimum absolute atomic E-state index is 0.0138. The van der Waals surface area contributed by atoms with Gasteiger partial charge in [0.15, 0.2) is 0 Å². The summed E-state index contributed by atoms with van der Waals surface area (Å²) < 4.78 is 0. The maximum Gasteiger partial charge on any atom is 0.237 e. The van der Waals surface area contributed by atoms with Crippen molar-refractivity contribution in [3.63, 3.8) is 0 Å². The van der Waals surface area contributed by atoms with Gasteiger partial charge in [-0.1, -0.05) is 19.1 Å². The van der Waals surface area contributed by atoms with Crippen LogP contribution in [0.15, 0.2) is 0 Å². The molecular weight excluding hydrogens is 222 g/mol. The summed E-state index contributed by atoms with van der Waals surface area (Å²) in [5, 5.41) is 2.94. The molecule has 0 saturated heterocycles. The Labute approximate surface area is 104 Å². The number of thiocarbonyl (C=S) groups is 1. The van der Waals surface area contributed by atoms with E-state index < -0.39 is 0 Å². The van der Waals surface area contributed by atoms with Gasteiger partial charge in [-0.25, -0.2) is 0 Å². The quantitative estimate of drug-likeness (QED) is 0.683. The molecule has 0 aliphatic rings. The molecule has 4 nitrogen and oxygen atoms in total. The molecule has 16 heavy (non-hydrogen) atoms. The molecule has 0 aromatic carbocycles. The van der Waals surface area contributed by atoms with Gasteiger partial charge in [-0.3, -0.25) is 9.69 Å². The van der Waals surface area contributed by atoms with Crippen LogP contribution in [0.4, 0.5) is 0 Å². The Balaban J connectivity index is 4.37. The molecule has 0 aliphatic carbocycles. The molecule has 5 heteroatoms. The van der Waals surface area contributed by atoms with E-state index in [-0.39, 0.29) is 24.0 Å². The van der Waals surface area contributed by atoms with Gasteiger partial charge >= 0.3 is 0 Å². The second-order valence-corrected chi connectivity index (χ2v) is 4.71. The van der Waals surface area contributed by atoms with Crippen LogP contribution in [-0.2, 0) is 4.79 Å². The maximum absolute atomic E-state index is 11.8. The first-order valence-corrected chi connectivity index (χ1v) is 6.03. The molecule has 0 rings (SSSR count). The fourth-order valence-electron chi connectivity index (χ4n) is 1.19. The van der Waals surface area contributed by atoms with Crippen LogP contribution in [0, 0.1) is 0 Å². The van der Waals surface area contributed by atoms with Crippen molar-refractivity contribution in [3.05, 3.63) is 0 Å². The number of amides is 1. The number of hydrogen-bond donors (Lipinski definition) is 2. The van der Waals surface area contributed by atoms with Gasteiger partial charge in [0.25, 0.3) is 0 Å². The van der Waals surface area contributed by atoms with E-state index in [1.807, 2.05) is 39.6 Å². The van der Waals surface area contributed by atoms with E-state index in [0.717, 1.165) is 6.42 Å². The number of carbonyl (C=O) groups excluding carboxylic acids is 1. The van der Waals surface area contributed by atoms with E-state index in [4.69, 9.17) is 18.0 Å². The van der Waals surface area contributed by atoms with Crippen LogP contribution in [0.5, 0.6) is 0 Å². The fraction of sp³-hybridized carbons (Fsp3) is 0.818. The van der Waals surface area contributed by atoms with Gasteiger partial charge < -0.3 is 11.1 Å². The number of hydrogen-bond acceptors (Lipinski definition) is 3. The summed E-state index contributed by atoms with van der Waals surface area (Å²) in [6.45, 7) is 7.78. The number of nitrogens with two attached hydrogens (primary N) is 1. The average molecular weight is 245 g/mol. The summed E-state index contributed by atoms with van der Waals surface area (Å²) in [5.41, 5.74) is 5.56. The van der Waals surface area contributed by atoms with Crippen molar-refractivity contribution in [2.75, 3.05) is 7.05 Å². The van der Waals surface area contributed by atoms with Crippen molar-refractivity contribution in [1.29, 1.82) is 0 Å². The molecule has 3 atom stereocenters. The van der Waals surface area contributed by atoms with Gasteiger partial charge in [0.1, 0.15) is 0 Å². The Morgan fingerprint density at radius 2 is 1.88 bits per heavy atom. The van der Waals surface area contributed by atoms with E-state index in [2.05, 4.69) is 5.32 Å². The number of likely N-dealkylation sites (N-methyl/N-ethyl adjacent to an activating group) is 1. The normalized spacial score (nSPS) is 16.6. The molecule has 0 bridgehead atoms. The third kappa shape index (κ3) is 4.45. The van der Waals surface area contributed by atoms with Crippen molar-refractivity contribution in [3.8, 4) is 0 Å². The number of carbonyl (C=O) groups is 1. The second-order valence-electron chi connectivity index (χ2n) is 4.24. The van der Waals surface area contributed by atoms with Crippen LogP contribution in [0.2, 0.25) is 0 Å². The van der Waals surface area contributed by atoms with Gasteiger partial charge in [0, 0.05) is 6.04 Å². The molecule has 0 heterocycles. The molecule has 0 radical (unpaired) electrons. The molecule has 94 valence electrons. The van der Waals surface area contributed by atoms with E-state index in [1.165, 1.54) is 0 Å². The first-order valence-electron chi connectivity index (χ1n) is 5.62. The molecule has 1 amide bonds. The highest BCUT2D eigenvalue weighted by Gasteiger charge is 2.23. The van der Waals surface area contributed by atoms with Gasteiger partial charge in [0.05, 0.1) is 17.1 Å². The third-order valence-electron chi connectivity index (χ3n) is 3.01. The zero-order chi connectivity index (χ0) is 12.9. The van der Waals surface area contributed by atoms with Crippen molar-refractivity contribution < 1.29 is 4.79 Å². The number of nitrogens with zero attached hydrogens (tertiary/aromatic N) is 1. The first kappa shape index (κ1) is 15.3. The fourth-order valence-corrected chi connectivity index (χ4v) is 1.35. The van der Waals surface area contributed by atoms with Crippen LogP contribution >= 0.6 is 12.2 Å². The van der Waals surface area contributed by atoms with Crippen molar-refractivity contribution in [2.45, 2.75) is 52.2 Å². The van der Waals surface area contributed by atoms with Gasteiger partial charge in [-0.15, -0.1) is 0 Å². The van der Waals surface area contributed by atoms with Crippen LogP contribution in [-0.4, -0.2) is 41.0 Å². The molecule has 0 aromatic heterocycles. The summed E-state index contributed by atoms with van der Waals surface area (Å²) in [6.07, 6.45) is 0.924. The average Bonchev–Trinajstić information content (AvgIpc) is 2.25. The van der Waals surface area contributed by atoms with Gasteiger partial charge in [-0.05, 0) is 34.2 Å². The second kappa shape index (κ2) is 6.81. The summed E-state index contributed by atoms with van der Waals surface area (Å²) in [7, 11) is 1.85. The Morgan fingerprint density at radius 1 is 1.38 bits per heavy atom. The molecule has 3 N–H and O–H groups in total. The number of rotatable bonds is 6. The standard InChI is InChI=1S/C11H23N3OS/c1-6-7(2)13-11(15)9(4)14(5)8(3)10(12)16/h7-9H,6H2,1-5H3,(H2,12,16)(H,13,15). The molecule has 0 spiro atoms. The monoisotopic (exact) mass is 245 g/mol. The van der Waals surface area contributed by atoms with Crippen molar-refractivity contribution in [2.24, 2.45) is 5.73 Å². The highest BCUT2D eigenvalue weighted by atomic mass is 32.1. The van der Waals surface area contributed by atoms with Crippen LogP contribution in [0.3, 0.4) is 0 Å². The first-order chi connectivity index (χ1) is 7.31. The van der Waals surface area contributed by atoms with E-state index >= 15 is 0 Å². The Bertz CT molecular complexity index is 258. The summed E-state index contributed by atoms with van der Waals surface area (Å²) in [5.74, 6) is 0.0138. The minimum Gasteiger partial charge on any atom is -0.392 e. The lowest BCUT2D eigenvalue weighted by atomic mass is 10.2. The SMILES string of the molecule is CCC(C)NC(=O)C(C)N(C)C(C)C(N)=S. The third-order valence-corrected chi connectivity index (χ3v) is 3.36. The molecule has 0 fully saturated rings. The zero-order valence-corrected chi connectivity index (χ0v) is 11.6. The Hall–Kier alpha value is -0.680. The van der Waals surface area contributed by atoms with Crippen LogP contribution < -0.4 is 11.1 Å². The Morgan fingerprint density at radius 3 is 2.25 bits per heavy atom. The van der Waals surface area contributed by atoms with Crippen molar-refractivity contribution in [1.82, 2.24) is 10.2 Å². The largest absolute Gasteiger partial charge is 0.392 e. The molecule has 0 aromatic rings. The lowest BCUT2D eigenvalue weighted by Crippen LogP contribution is -2.51. The lowest BCUT2D eigenvalue weighted by Gasteiger charge is -2.29. The molecule has 0 aliphatic heterocycles. The van der Waals surface area contributed by atoms with E-state index in [1.54, 1.807) is 0 Å². The van der Waals surface area contributed by atoms with Crippen LogP contribution in [0.25, 0.3) is 0 Å². The summed E-state index contributed by atoms with van der Waals surface area (Å²) in [4.78, 5) is 14.1. The molecular formula is C11H23N3OS. The zero-order valence-electron chi connectivity index (χ0n) is 10.8. The molecule has 3 unspecified atom stereocenters. The Kier molecular flexibility index (Phi) is 6.52. The topological polar surface area (TPSA) is 58.4 Å².